The summed E-state index contributed by atoms with van der Waals surface area (Å²) in [7, 11) is 0. The minimum Gasteiger partial charge on any atom is -0.387 e. The van der Waals surface area contributed by atoms with Gasteiger partial charge in [-0.05, 0) is 49.1 Å². The van der Waals surface area contributed by atoms with Crippen LogP contribution in [0.25, 0.3) is 0 Å². The molecule has 1 amide bonds. The lowest BCUT2D eigenvalue weighted by molar-refractivity contribution is 0.0724. The Morgan fingerprint density at radius 1 is 1.20 bits per heavy atom. The number of piperidine rings is 1. The van der Waals surface area contributed by atoms with Gasteiger partial charge in [0.05, 0.1) is 11.7 Å². The number of anilines is 1. The number of carbonyl (C=O) groups is 1. The van der Waals surface area contributed by atoms with E-state index in [0.29, 0.717) is 16.9 Å². The van der Waals surface area contributed by atoms with Gasteiger partial charge >= 0.3 is 0 Å². The minimum atomic E-state index is -0.819. The Bertz CT molecular complexity index is 715. The van der Waals surface area contributed by atoms with E-state index in [1.165, 1.54) is 12.1 Å². The monoisotopic (exact) mass is 343 g/mol. The minimum absolute atomic E-state index is 0.0356. The Morgan fingerprint density at radius 2 is 1.92 bits per heavy atom. The molecule has 1 aromatic carbocycles. The highest BCUT2D eigenvalue weighted by Crippen LogP contribution is 2.20. The number of likely N-dealkylation sites (tertiary alicyclic amines) is 1. The van der Waals surface area contributed by atoms with Crippen LogP contribution in [0.5, 0.6) is 0 Å². The number of hydrogen-bond donors (Lipinski definition) is 2. The van der Waals surface area contributed by atoms with Crippen molar-refractivity contribution >= 4 is 11.7 Å². The second kappa shape index (κ2) is 8.07. The smallest absolute Gasteiger partial charge is 0.257 e. The summed E-state index contributed by atoms with van der Waals surface area (Å²) < 4.78 is 13.0. The Balaban J connectivity index is 1.68. The number of nitrogens with zero attached hydrogens (tertiary/aromatic N) is 2. The Kier molecular flexibility index (Phi) is 5.60. The maximum atomic E-state index is 13.0. The van der Waals surface area contributed by atoms with E-state index in [0.717, 1.165) is 32.4 Å². The van der Waals surface area contributed by atoms with E-state index < -0.39 is 6.10 Å². The Labute approximate surface area is 146 Å². The molecule has 0 unspecified atom stereocenters. The molecule has 2 aromatic rings. The van der Waals surface area contributed by atoms with Crippen LogP contribution in [0.15, 0.2) is 42.6 Å². The van der Waals surface area contributed by atoms with Crippen molar-refractivity contribution in [1.29, 1.82) is 0 Å². The Morgan fingerprint density at radius 3 is 2.64 bits per heavy atom. The first-order chi connectivity index (χ1) is 12.1. The number of carbonyl (C=O) groups excluding carboxylic acids is 1. The molecule has 1 saturated heterocycles. The van der Waals surface area contributed by atoms with Crippen LogP contribution in [0.3, 0.4) is 0 Å². The molecule has 6 heteroatoms. The quantitative estimate of drug-likeness (QED) is 0.876. The molecule has 2 heterocycles. The molecule has 3 rings (SSSR count). The van der Waals surface area contributed by atoms with Crippen molar-refractivity contribution in [2.24, 2.45) is 0 Å². The fourth-order valence-corrected chi connectivity index (χ4v) is 2.98. The first-order valence-electron chi connectivity index (χ1n) is 8.57. The van der Waals surface area contributed by atoms with E-state index in [9.17, 15) is 14.3 Å². The fourth-order valence-electron chi connectivity index (χ4n) is 2.98. The van der Waals surface area contributed by atoms with Gasteiger partial charge < -0.3 is 15.3 Å². The molecule has 1 atom stereocenters. The summed E-state index contributed by atoms with van der Waals surface area (Å²) in [5.74, 6) is 0.0776. The third-order valence-corrected chi connectivity index (χ3v) is 4.40. The van der Waals surface area contributed by atoms with Crippen molar-refractivity contribution in [2.45, 2.75) is 25.4 Å². The summed E-state index contributed by atoms with van der Waals surface area (Å²) in [4.78, 5) is 18.8. The van der Waals surface area contributed by atoms with Crippen LogP contribution in [0.2, 0.25) is 0 Å². The first kappa shape index (κ1) is 17.4. The number of nitrogens with one attached hydrogen (secondary N) is 1. The lowest BCUT2D eigenvalue weighted by atomic mass is 10.1. The number of aromatic nitrogens is 1. The molecule has 25 heavy (non-hydrogen) atoms. The number of benzene rings is 1. The number of amides is 1. The van der Waals surface area contributed by atoms with Gasteiger partial charge in [0.2, 0.25) is 0 Å². The largest absolute Gasteiger partial charge is 0.387 e. The van der Waals surface area contributed by atoms with Gasteiger partial charge in [-0.1, -0.05) is 12.1 Å². The molecule has 2 N–H and O–H groups in total. The van der Waals surface area contributed by atoms with Crippen molar-refractivity contribution in [3.63, 3.8) is 0 Å². The van der Waals surface area contributed by atoms with Gasteiger partial charge in [0.25, 0.3) is 5.91 Å². The third-order valence-electron chi connectivity index (χ3n) is 4.40. The van der Waals surface area contributed by atoms with Crippen molar-refractivity contribution in [2.75, 3.05) is 25.0 Å². The molecule has 0 spiro atoms. The average molecular weight is 343 g/mol. The lowest BCUT2D eigenvalue weighted by Gasteiger charge is -2.27. The Hall–Kier alpha value is -2.47. The molecule has 0 saturated carbocycles. The molecule has 5 nitrogen and oxygen atoms in total. The predicted octanol–water partition coefficient (Wildman–Crippen LogP) is 2.99. The zero-order chi connectivity index (χ0) is 17.6. The van der Waals surface area contributed by atoms with E-state index >= 15 is 0 Å². The van der Waals surface area contributed by atoms with Crippen LogP contribution in [-0.2, 0) is 0 Å². The summed E-state index contributed by atoms with van der Waals surface area (Å²) in [5, 5.41) is 13.3. The van der Waals surface area contributed by atoms with E-state index in [1.54, 1.807) is 30.5 Å². The van der Waals surface area contributed by atoms with Crippen molar-refractivity contribution < 1.29 is 14.3 Å². The molecule has 132 valence electrons. The number of aliphatic hydroxyl groups excluding tert-OH is 1. The molecule has 1 aliphatic heterocycles. The zero-order valence-electron chi connectivity index (χ0n) is 14.0. The zero-order valence-corrected chi connectivity index (χ0v) is 14.0. The predicted molar refractivity (Wildman–Crippen MR) is 93.8 cm³/mol. The summed E-state index contributed by atoms with van der Waals surface area (Å²) in [5.41, 5.74) is 1.12. The van der Waals surface area contributed by atoms with Crippen LogP contribution in [0, 0.1) is 5.82 Å². The molecule has 1 fully saturated rings. The van der Waals surface area contributed by atoms with Crippen molar-refractivity contribution in [3.05, 3.63) is 59.5 Å². The van der Waals surface area contributed by atoms with Gasteiger partial charge in [0.15, 0.2) is 0 Å². The number of rotatable bonds is 5. The van der Waals surface area contributed by atoms with Gasteiger partial charge in [0.1, 0.15) is 11.6 Å². The van der Waals surface area contributed by atoms with Gasteiger partial charge in [-0.15, -0.1) is 0 Å². The van der Waals surface area contributed by atoms with E-state index in [4.69, 9.17) is 0 Å². The second-order valence-corrected chi connectivity index (χ2v) is 6.20. The molecule has 0 aliphatic carbocycles. The summed E-state index contributed by atoms with van der Waals surface area (Å²) in [6.07, 6.45) is 4.00. The van der Waals surface area contributed by atoms with Crippen LogP contribution in [0.4, 0.5) is 10.2 Å². The summed E-state index contributed by atoms with van der Waals surface area (Å²) in [6, 6.07) is 9.18. The number of pyridine rings is 1. The normalized spacial score (nSPS) is 15.7. The van der Waals surface area contributed by atoms with Gasteiger partial charge in [0, 0.05) is 25.8 Å². The highest BCUT2D eigenvalue weighted by molar-refractivity contribution is 5.98. The van der Waals surface area contributed by atoms with Crippen LogP contribution >= 0.6 is 0 Å². The number of aliphatic hydroxyl groups is 1. The topological polar surface area (TPSA) is 65.5 Å². The molecule has 0 bridgehead atoms. The standard InChI is InChI=1S/C19H22FN3O2/c20-15-8-6-14(7-9-15)17(24)13-22-18-16(5-4-10-21-18)19(25)23-11-2-1-3-12-23/h4-10,17,24H,1-3,11-13H2,(H,21,22)/t17-/m1/s1. The van der Waals surface area contributed by atoms with Crippen LogP contribution in [0.1, 0.15) is 41.3 Å². The van der Waals surface area contributed by atoms with Crippen LogP contribution in [-0.4, -0.2) is 40.5 Å². The molecular formula is C19H22FN3O2. The average Bonchev–Trinajstić information content (AvgIpc) is 2.67. The molecule has 1 aromatic heterocycles. The summed E-state index contributed by atoms with van der Waals surface area (Å²) in [6.45, 7) is 1.72. The van der Waals surface area contributed by atoms with Crippen LogP contribution < -0.4 is 5.32 Å². The molecular weight excluding hydrogens is 321 g/mol. The van der Waals surface area contributed by atoms with Crippen molar-refractivity contribution in [3.8, 4) is 0 Å². The second-order valence-electron chi connectivity index (χ2n) is 6.20. The SMILES string of the molecule is O=C(c1cccnc1NC[C@@H](O)c1ccc(F)cc1)N1CCCCC1. The van der Waals surface area contributed by atoms with E-state index in [2.05, 4.69) is 10.3 Å². The number of hydrogen-bond acceptors (Lipinski definition) is 4. The van der Waals surface area contributed by atoms with Gasteiger partial charge in [-0.25, -0.2) is 9.37 Å². The molecule has 0 radical (unpaired) electrons. The van der Waals surface area contributed by atoms with Gasteiger partial charge in [-0.2, -0.15) is 0 Å². The first-order valence-corrected chi connectivity index (χ1v) is 8.57. The highest BCUT2D eigenvalue weighted by atomic mass is 19.1. The lowest BCUT2D eigenvalue weighted by Crippen LogP contribution is -2.36. The summed E-state index contributed by atoms with van der Waals surface area (Å²) >= 11 is 0. The third kappa shape index (κ3) is 4.33. The maximum Gasteiger partial charge on any atom is 0.257 e. The molecule has 1 aliphatic rings. The van der Waals surface area contributed by atoms with E-state index in [-0.39, 0.29) is 18.3 Å². The number of halogens is 1. The highest BCUT2D eigenvalue weighted by Gasteiger charge is 2.21. The maximum absolute atomic E-state index is 13.0. The van der Waals surface area contributed by atoms with E-state index in [1.807, 2.05) is 4.90 Å². The fraction of sp³-hybridized carbons (Fsp3) is 0.368. The van der Waals surface area contributed by atoms with Crippen molar-refractivity contribution in [1.82, 2.24) is 9.88 Å². The van der Waals surface area contributed by atoms with Gasteiger partial charge in [-0.3, -0.25) is 4.79 Å².